The summed E-state index contributed by atoms with van der Waals surface area (Å²) in [6.45, 7) is 0.819. The van der Waals surface area contributed by atoms with Crippen LogP contribution in [0.15, 0.2) is 19.0 Å². The Morgan fingerprint density at radius 2 is 1.53 bits per heavy atom. The first-order chi connectivity index (χ1) is 21.3. The van der Waals surface area contributed by atoms with Gasteiger partial charge in [0.25, 0.3) is 0 Å². The fraction of sp³-hybridized carbons (Fsp3) is 0.524. The highest BCUT2D eigenvalue weighted by Gasteiger charge is 2.54. The molecule has 0 aliphatic carbocycles. The number of nitrogens with zero attached hydrogens (tertiary/aromatic N) is 8. The molecule has 4 aromatic rings. The number of ether oxygens (including phenoxy) is 3. The zero-order chi connectivity index (χ0) is 31.8. The summed E-state index contributed by atoms with van der Waals surface area (Å²) in [5.41, 5.74) is 12.5. The molecule has 0 radical (unpaired) electrons. The fourth-order valence-corrected chi connectivity index (χ4v) is 7.31. The van der Waals surface area contributed by atoms with Crippen LogP contribution in [0.2, 0.25) is 0 Å². The van der Waals surface area contributed by atoms with E-state index in [1.165, 1.54) is 21.8 Å². The highest BCUT2D eigenvalue weighted by molar-refractivity contribution is 7.52. The Morgan fingerprint density at radius 3 is 2.29 bits per heavy atom. The maximum atomic E-state index is 13.2. The highest BCUT2D eigenvalue weighted by Crippen LogP contribution is 2.53. The maximum Gasteiger partial charge on any atom is 0.472 e. The molecule has 0 saturated carbocycles. The van der Waals surface area contributed by atoms with Gasteiger partial charge in [0.05, 0.1) is 19.3 Å². The monoisotopic (exact) mass is 672 g/mol. The van der Waals surface area contributed by atoms with Gasteiger partial charge in [-0.3, -0.25) is 27.3 Å². The molecule has 3 aliphatic heterocycles. The lowest BCUT2D eigenvalue weighted by molar-refractivity contribution is -0.168. The Bertz CT molecular complexity index is 1870. The Balaban J connectivity index is 1.17. The van der Waals surface area contributed by atoms with Crippen LogP contribution in [0.3, 0.4) is 0 Å². The minimum absolute atomic E-state index is 0.0443. The summed E-state index contributed by atoms with van der Waals surface area (Å²) in [5.74, 6) is 0.412. The molecular weight excluding hydrogens is 646 g/mol. The van der Waals surface area contributed by atoms with Gasteiger partial charge >= 0.3 is 15.4 Å². The quantitative estimate of drug-likeness (QED) is 0.134. The molecule has 0 bridgehead atoms. The van der Waals surface area contributed by atoms with Gasteiger partial charge in [-0.15, -0.1) is 0 Å². The van der Waals surface area contributed by atoms with Gasteiger partial charge in [-0.1, -0.05) is 0 Å². The number of nitrogens with two attached hydrogens (primary N) is 2. The molecule has 22 nitrogen and oxygen atoms in total. The third-order valence-electron chi connectivity index (χ3n) is 7.32. The number of aliphatic hydroxyl groups is 2. The Kier molecular flexibility index (Phi) is 7.39. The Morgan fingerprint density at radius 1 is 0.867 bits per heavy atom. The molecule has 4 aromatic heterocycles. The minimum Gasteiger partial charge on any atom is -0.386 e. The molecule has 0 aromatic carbocycles. The second-order valence-electron chi connectivity index (χ2n) is 10.3. The first kappa shape index (κ1) is 30.4. The van der Waals surface area contributed by atoms with Crippen LogP contribution in [0.25, 0.3) is 22.3 Å². The molecule has 3 saturated heterocycles. The molecule has 3 fully saturated rings. The Hall–Kier alpha value is -3.24. The molecular formula is C21H26N10O12P2. The summed E-state index contributed by atoms with van der Waals surface area (Å²) < 4.78 is 61.7. The minimum atomic E-state index is -5.03. The average Bonchev–Trinajstić information content (AvgIpc) is 3.72. The van der Waals surface area contributed by atoms with E-state index in [4.69, 9.17) is 39.2 Å². The Labute approximate surface area is 251 Å². The van der Waals surface area contributed by atoms with E-state index >= 15 is 0 Å². The van der Waals surface area contributed by atoms with E-state index in [-0.39, 0.29) is 34.0 Å². The van der Waals surface area contributed by atoms with Gasteiger partial charge in [0.15, 0.2) is 54.1 Å². The number of rotatable bonds is 2. The van der Waals surface area contributed by atoms with Crippen LogP contribution in [-0.4, -0.2) is 109 Å². The van der Waals surface area contributed by atoms with Crippen molar-refractivity contribution in [3.05, 3.63) is 24.8 Å². The van der Waals surface area contributed by atoms with Crippen molar-refractivity contribution >= 4 is 49.4 Å². The third kappa shape index (κ3) is 5.37. The molecule has 10 atom stereocenters. The van der Waals surface area contributed by atoms with E-state index in [0.717, 1.165) is 6.33 Å². The van der Waals surface area contributed by atoms with Gasteiger partial charge in [-0.2, -0.15) is 0 Å². The second-order valence-corrected chi connectivity index (χ2v) is 13.5. The summed E-state index contributed by atoms with van der Waals surface area (Å²) in [7, 11) is -9.77. The van der Waals surface area contributed by atoms with E-state index in [1.54, 1.807) is 6.92 Å². The van der Waals surface area contributed by atoms with Crippen LogP contribution in [0, 0.1) is 6.92 Å². The van der Waals surface area contributed by atoms with E-state index in [2.05, 4.69) is 29.9 Å². The number of phosphoric ester groups is 1. The topological polar surface area (TPSA) is 310 Å². The number of imidazole rings is 2. The van der Waals surface area contributed by atoms with E-state index in [1.807, 2.05) is 0 Å². The van der Waals surface area contributed by atoms with Crippen LogP contribution >= 0.6 is 15.4 Å². The average molecular weight is 672 g/mol. The van der Waals surface area contributed by atoms with Gasteiger partial charge in [-0.05, 0) is 6.92 Å². The molecule has 0 amide bonds. The van der Waals surface area contributed by atoms with Crippen LogP contribution in [-0.2, 0) is 36.9 Å². The number of aliphatic hydroxyl groups excluding tert-OH is 2. The number of nitrogen functional groups attached to an aromatic ring is 2. The smallest absolute Gasteiger partial charge is 0.386 e. The lowest BCUT2D eigenvalue weighted by Gasteiger charge is -2.28. The van der Waals surface area contributed by atoms with Crippen LogP contribution < -0.4 is 11.5 Å². The van der Waals surface area contributed by atoms with Crippen LogP contribution in [0.1, 0.15) is 18.3 Å². The summed E-state index contributed by atoms with van der Waals surface area (Å²) in [5, 5.41) is 22.3. The number of anilines is 2. The number of fused-ring (bicyclic) bond motifs is 4. The SMILES string of the molecule is Cc1nc(N)c2ncn([C@@H]3O[C@@H]4COP(=O)(O)O[C@@H]5C(O)[C@H](n6cnc7c(N)ncnc76)O[C@@H]5OCP(=O)(O)O[C@@H]4C3O)c2n1. The lowest BCUT2D eigenvalue weighted by atomic mass is 10.1. The number of hydrogen-bond donors (Lipinski definition) is 6. The number of phosphoric acid groups is 1. The third-order valence-corrected chi connectivity index (χ3v) is 9.35. The molecule has 24 heteroatoms. The predicted molar refractivity (Wildman–Crippen MR) is 145 cm³/mol. The zero-order valence-corrected chi connectivity index (χ0v) is 24.7. The van der Waals surface area contributed by atoms with Crippen molar-refractivity contribution in [2.24, 2.45) is 0 Å². The number of aryl methyl sites for hydroxylation is 1. The molecule has 3 aliphatic rings. The van der Waals surface area contributed by atoms with Crippen molar-refractivity contribution < 1.29 is 56.9 Å². The van der Waals surface area contributed by atoms with E-state index in [9.17, 15) is 29.1 Å². The molecule has 242 valence electrons. The summed E-state index contributed by atoms with van der Waals surface area (Å²) >= 11 is 0. The first-order valence-corrected chi connectivity index (χ1v) is 16.4. The normalized spacial score (nSPS) is 37.7. The molecule has 8 N–H and O–H groups in total. The van der Waals surface area contributed by atoms with E-state index < -0.39 is 77.6 Å². The van der Waals surface area contributed by atoms with Crippen molar-refractivity contribution in [1.29, 1.82) is 0 Å². The van der Waals surface area contributed by atoms with Crippen molar-refractivity contribution in [1.82, 2.24) is 39.0 Å². The largest absolute Gasteiger partial charge is 0.472 e. The van der Waals surface area contributed by atoms with Crippen molar-refractivity contribution in [2.45, 2.75) is 56.2 Å². The highest BCUT2D eigenvalue weighted by atomic mass is 31.2. The van der Waals surface area contributed by atoms with Crippen molar-refractivity contribution in [2.75, 3.05) is 24.4 Å². The van der Waals surface area contributed by atoms with E-state index in [0.29, 0.717) is 5.82 Å². The van der Waals surface area contributed by atoms with Gasteiger partial charge in [0.1, 0.15) is 47.6 Å². The summed E-state index contributed by atoms with van der Waals surface area (Å²) in [6, 6.07) is 0. The van der Waals surface area contributed by atoms with Crippen LogP contribution in [0.5, 0.6) is 0 Å². The van der Waals surface area contributed by atoms with Gasteiger partial charge in [-0.25, -0.2) is 34.5 Å². The molecule has 7 rings (SSSR count). The molecule has 4 unspecified atom stereocenters. The van der Waals surface area contributed by atoms with Crippen molar-refractivity contribution in [3.63, 3.8) is 0 Å². The molecule has 45 heavy (non-hydrogen) atoms. The van der Waals surface area contributed by atoms with Gasteiger partial charge < -0.3 is 45.7 Å². The molecule has 7 heterocycles. The summed E-state index contributed by atoms with van der Waals surface area (Å²) in [6.07, 6.45) is -9.89. The standard InChI is InChI=1S/C21H26N10O12P2/c1-7-28-16(23)10-18(29-7)31(5-27-10)19-11(32)13-8(40-19)2-39-45(36,37)43-14-12(33)20(41-21(14)38-6-44(34,35)42-13)30-4-26-9-15(22)24-3-25-17(9)30/h3-5,8,11-14,19-21,32-33H,2,6H2,1H3,(H,34,35)(H,36,37)(H2,22,24,25)(H2,23,28,29)/t8-,11?,12?,13+,14-,19-,20-,21+/m1/s1. The van der Waals surface area contributed by atoms with Crippen molar-refractivity contribution in [3.8, 4) is 0 Å². The lowest BCUT2D eigenvalue weighted by Crippen LogP contribution is -2.38. The molecule has 0 spiro atoms. The number of aromatic nitrogens is 8. The second kappa shape index (κ2) is 10.9. The number of hydrogen-bond acceptors (Lipinski definition) is 18. The van der Waals surface area contributed by atoms with Gasteiger partial charge in [0.2, 0.25) is 0 Å². The summed E-state index contributed by atoms with van der Waals surface area (Å²) in [4.78, 5) is 45.8. The zero-order valence-electron chi connectivity index (χ0n) is 22.9. The van der Waals surface area contributed by atoms with Crippen LogP contribution in [0.4, 0.5) is 11.6 Å². The van der Waals surface area contributed by atoms with Gasteiger partial charge in [0, 0.05) is 0 Å². The fourth-order valence-electron chi connectivity index (χ4n) is 5.34. The maximum absolute atomic E-state index is 13.2. The predicted octanol–water partition coefficient (Wildman–Crippen LogP) is -1.33. The first-order valence-electron chi connectivity index (χ1n) is 13.2.